The fourth-order valence-corrected chi connectivity index (χ4v) is 2.17. The van der Waals surface area contributed by atoms with E-state index >= 15 is 0 Å². The summed E-state index contributed by atoms with van der Waals surface area (Å²) in [6, 6.07) is 0. The summed E-state index contributed by atoms with van der Waals surface area (Å²) in [5, 5.41) is 5.10. The van der Waals surface area contributed by atoms with Gasteiger partial charge in [0.15, 0.2) is 0 Å². The second kappa shape index (κ2) is 4.31. The highest BCUT2D eigenvalue weighted by molar-refractivity contribution is 9.10. The molecular weight excluding hydrogens is 276 g/mol. The lowest BCUT2D eigenvalue weighted by molar-refractivity contribution is 1.75. The van der Waals surface area contributed by atoms with Gasteiger partial charge < -0.3 is 0 Å². The molecule has 0 saturated heterocycles. The Hall–Kier alpha value is 0.400. The summed E-state index contributed by atoms with van der Waals surface area (Å²) >= 11 is 8.46. The first-order valence-corrected chi connectivity index (χ1v) is 5.64. The molecule has 1 heterocycles. The number of alkyl halides is 1. The predicted octanol–water partition coefficient (Wildman–Crippen LogP) is 3.92. The van der Waals surface area contributed by atoms with Crippen molar-refractivity contribution in [1.29, 1.82) is 0 Å². The van der Waals surface area contributed by atoms with Crippen molar-refractivity contribution in [2.24, 2.45) is 0 Å². The van der Waals surface area contributed by atoms with Crippen LogP contribution in [0.5, 0.6) is 0 Å². The summed E-state index contributed by atoms with van der Waals surface area (Å²) in [5.41, 5.74) is 1.25. The van der Waals surface area contributed by atoms with Crippen molar-refractivity contribution in [2.45, 2.75) is 0 Å². The lowest BCUT2D eigenvalue weighted by Gasteiger charge is -1.84. The van der Waals surface area contributed by atoms with Gasteiger partial charge in [0.1, 0.15) is 0 Å². The van der Waals surface area contributed by atoms with Crippen molar-refractivity contribution >= 4 is 49.3 Å². The average Bonchev–Trinajstić information content (AvgIpc) is 2.31. The van der Waals surface area contributed by atoms with Crippen LogP contribution in [0.25, 0.3) is 6.08 Å². The quantitative estimate of drug-likeness (QED) is 0.721. The van der Waals surface area contributed by atoms with Gasteiger partial charge >= 0.3 is 0 Å². The zero-order chi connectivity index (χ0) is 7.40. The first kappa shape index (κ1) is 8.50. The summed E-state index contributed by atoms with van der Waals surface area (Å²) in [5.74, 6) is 0. The second-order valence-electron chi connectivity index (χ2n) is 1.73. The molecule has 0 fully saturated rings. The van der Waals surface area contributed by atoms with Crippen LogP contribution in [0.1, 0.15) is 5.56 Å². The van der Waals surface area contributed by atoms with Gasteiger partial charge in [-0.25, -0.2) is 0 Å². The van der Waals surface area contributed by atoms with E-state index in [1.807, 2.05) is 0 Å². The Morgan fingerprint density at radius 2 is 2.30 bits per heavy atom. The third-order valence-corrected chi connectivity index (χ3v) is 3.15. The summed E-state index contributed by atoms with van der Waals surface area (Å²) in [7, 11) is 0. The summed E-state index contributed by atoms with van der Waals surface area (Å²) in [4.78, 5) is 0. The number of hydrogen-bond acceptors (Lipinski definition) is 1. The van der Waals surface area contributed by atoms with Gasteiger partial charge in [0.25, 0.3) is 0 Å². The van der Waals surface area contributed by atoms with Crippen LogP contribution < -0.4 is 0 Å². The van der Waals surface area contributed by atoms with Crippen LogP contribution in [-0.2, 0) is 0 Å². The Morgan fingerprint density at radius 3 is 2.80 bits per heavy atom. The molecule has 0 unspecified atom stereocenters. The number of allylic oxidation sites excluding steroid dienone is 1. The van der Waals surface area contributed by atoms with E-state index in [0.29, 0.717) is 0 Å². The van der Waals surface area contributed by atoms with E-state index < -0.39 is 0 Å². The number of hydrogen-bond donors (Lipinski definition) is 0. The molecule has 0 saturated carbocycles. The van der Waals surface area contributed by atoms with Gasteiger partial charge in [-0.3, -0.25) is 0 Å². The Balaban J connectivity index is 2.74. The Morgan fingerprint density at radius 1 is 1.50 bits per heavy atom. The van der Waals surface area contributed by atoms with Crippen molar-refractivity contribution in [3.63, 3.8) is 0 Å². The summed E-state index contributed by atoms with van der Waals surface area (Å²) in [6.45, 7) is 0. The van der Waals surface area contributed by atoms with E-state index in [1.54, 1.807) is 11.3 Å². The minimum atomic E-state index is 0.912. The zero-order valence-corrected chi connectivity index (χ0v) is 9.17. The van der Waals surface area contributed by atoms with Crippen LogP contribution in [0.4, 0.5) is 0 Å². The average molecular weight is 282 g/mol. The minimum absolute atomic E-state index is 0.912. The van der Waals surface area contributed by atoms with Gasteiger partial charge in [0.2, 0.25) is 0 Å². The van der Waals surface area contributed by atoms with Crippen molar-refractivity contribution in [3.05, 3.63) is 26.9 Å². The molecule has 1 aromatic rings. The molecule has 54 valence electrons. The number of rotatable bonds is 2. The topological polar surface area (TPSA) is 0 Å². The van der Waals surface area contributed by atoms with Crippen LogP contribution >= 0.6 is 43.2 Å². The molecule has 0 radical (unpaired) electrons. The molecule has 0 nitrogen and oxygen atoms in total. The molecule has 0 amide bonds. The van der Waals surface area contributed by atoms with Crippen molar-refractivity contribution < 1.29 is 0 Å². The van der Waals surface area contributed by atoms with E-state index in [2.05, 4.69) is 54.8 Å². The van der Waals surface area contributed by atoms with E-state index in [0.717, 1.165) is 5.33 Å². The molecular formula is C7H6Br2S. The molecule has 1 aromatic heterocycles. The van der Waals surface area contributed by atoms with Crippen molar-refractivity contribution in [3.8, 4) is 0 Å². The van der Waals surface area contributed by atoms with Crippen LogP contribution in [-0.4, -0.2) is 5.33 Å². The minimum Gasteiger partial charge on any atom is -0.151 e. The van der Waals surface area contributed by atoms with Crippen LogP contribution in [0, 0.1) is 0 Å². The Bertz CT molecular complexity index is 227. The molecule has 1 rings (SSSR count). The molecule has 0 aliphatic heterocycles. The zero-order valence-electron chi connectivity index (χ0n) is 5.18. The third-order valence-electron chi connectivity index (χ3n) is 1.03. The highest BCUT2D eigenvalue weighted by atomic mass is 79.9. The van der Waals surface area contributed by atoms with Gasteiger partial charge in [0, 0.05) is 15.2 Å². The highest BCUT2D eigenvalue weighted by Gasteiger charge is 1.93. The van der Waals surface area contributed by atoms with Crippen molar-refractivity contribution in [2.75, 3.05) is 5.33 Å². The predicted molar refractivity (Wildman–Crippen MR) is 54.8 cm³/mol. The largest absolute Gasteiger partial charge is 0.151 e. The highest BCUT2D eigenvalue weighted by Crippen LogP contribution is 2.22. The van der Waals surface area contributed by atoms with Gasteiger partial charge in [-0.1, -0.05) is 28.1 Å². The fraction of sp³-hybridized carbons (Fsp3) is 0.143. The maximum Gasteiger partial charge on any atom is 0.0354 e. The summed E-state index contributed by atoms with van der Waals surface area (Å²) in [6.07, 6.45) is 4.17. The normalized spacial score (nSPS) is 11.0. The maximum atomic E-state index is 3.44. The molecule has 10 heavy (non-hydrogen) atoms. The molecule has 0 bridgehead atoms. The molecule has 0 aliphatic carbocycles. The first-order chi connectivity index (χ1) is 4.84. The van der Waals surface area contributed by atoms with Gasteiger partial charge in [0.05, 0.1) is 0 Å². The molecule has 0 aromatic carbocycles. The van der Waals surface area contributed by atoms with Gasteiger partial charge in [-0.2, -0.15) is 11.3 Å². The van der Waals surface area contributed by atoms with E-state index in [9.17, 15) is 0 Å². The standard InChI is InChI=1S/C7H6Br2S/c8-3-1-2-6-4-10-5-7(6)9/h1-2,4-5H,3H2. The van der Waals surface area contributed by atoms with Crippen molar-refractivity contribution in [1.82, 2.24) is 0 Å². The molecule has 0 spiro atoms. The molecule has 0 aliphatic rings. The van der Waals surface area contributed by atoms with E-state index in [4.69, 9.17) is 0 Å². The Labute approximate surface area is 81.2 Å². The first-order valence-electron chi connectivity index (χ1n) is 2.79. The van der Waals surface area contributed by atoms with Gasteiger partial charge in [-0.15, -0.1) is 0 Å². The third kappa shape index (κ3) is 2.22. The van der Waals surface area contributed by atoms with E-state index in [-0.39, 0.29) is 0 Å². The number of thiophene rings is 1. The van der Waals surface area contributed by atoms with Crippen LogP contribution in [0.15, 0.2) is 21.3 Å². The fourth-order valence-electron chi connectivity index (χ4n) is 0.582. The number of halogens is 2. The molecule has 3 heteroatoms. The van der Waals surface area contributed by atoms with Crippen LogP contribution in [0.3, 0.4) is 0 Å². The van der Waals surface area contributed by atoms with Gasteiger partial charge in [-0.05, 0) is 26.9 Å². The monoisotopic (exact) mass is 280 g/mol. The Kier molecular flexibility index (Phi) is 3.66. The second-order valence-corrected chi connectivity index (χ2v) is 3.98. The van der Waals surface area contributed by atoms with Crippen LogP contribution in [0.2, 0.25) is 0 Å². The lowest BCUT2D eigenvalue weighted by atomic mass is 10.3. The smallest absolute Gasteiger partial charge is 0.0354 e. The van der Waals surface area contributed by atoms with E-state index in [1.165, 1.54) is 10.0 Å². The lowest BCUT2D eigenvalue weighted by Crippen LogP contribution is -1.64. The maximum absolute atomic E-state index is 3.44. The summed E-state index contributed by atoms with van der Waals surface area (Å²) < 4.78 is 1.18. The SMILES string of the molecule is BrCC=Cc1cscc1Br. The molecule has 0 N–H and O–H groups in total. The molecule has 0 atom stereocenters.